The van der Waals surface area contributed by atoms with E-state index in [1.165, 1.54) is 0 Å². The quantitative estimate of drug-likeness (QED) is 0.731. The van der Waals surface area contributed by atoms with E-state index in [9.17, 15) is 4.79 Å². The average Bonchev–Trinajstić information content (AvgIpc) is 2.93. The minimum atomic E-state index is 0.0562. The number of fused-ring (bicyclic) bond motifs is 1. The molecule has 114 valence electrons. The SMILES string of the molecule is CNc1nc(NCCC(=O)NCC(C)C)c2ccsc2n1. The number of nitrogens with zero attached hydrogens (tertiary/aromatic N) is 2. The summed E-state index contributed by atoms with van der Waals surface area (Å²) in [6.45, 7) is 5.41. The second-order valence-corrected chi connectivity index (χ2v) is 6.05. The molecule has 2 aromatic rings. The highest BCUT2D eigenvalue weighted by atomic mass is 32.1. The van der Waals surface area contributed by atoms with Gasteiger partial charge in [0.25, 0.3) is 0 Å². The largest absolute Gasteiger partial charge is 0.369 e. The molecule has 0 aliphatic rings. The van der Waals surface area contributed by atoms with Crippen molar-refractivity contribution in [3.8, 4) is 0 Å². The Labute approximate surface area is 128 Å². The zero-order valence-corrected chi connectivity index (χ0v) is 13.4. The molecular weight excluding hydrogens is 286 g/mol. The lowest BCUT2D eigenvalue weighted by Crippen LogP contribution is -2.28. The minimum absolute atomic E-state index is 0.0562. The van der Waals surface area contributed by atoms with E-state index in [0.29, 0.717) is 31.4 Å². The van der Waals surface area contributed by atoms with Gasteiger partial charge in [0.1, 0.15) is 10.6 Å². The van der Waals surface area contributed by atoms with E-state index in [2.05, 4.69) is 39.8 Å². The van der Waals surface area contributed by atoms with Gasteiger partial charge < -0.3 is 16.0 Å². The zero-order valence-electron chi connectivity index (χ0n) is 12.6. The highest BCUT2D eigenvalue weighted by Crippen LogP contribution is 2.26. The molecule has 1 amide bonds. The van der Waals surface area contributed by atoms with Crippen LogP contribution in [-0.4, -0.2) is 36.0 Å². The Morgan fingerprint density at radius 1 is 1.38 bits per heavy atom. The molecule has 3 N–H and O–H groups in total. The van der Waals surface area contributed by atoms with Crippen LogP contribution in [0.3, 0.4) is 0 Å². The molecule has 0 aromatic carbocycles. The molecule has 6 nitrogen and oxygen atoms in total. The van der Waals surface area contributed by atoms with E-state index in [0.717, 1.165) is 16.0 Å². The van der Waals surface area contributed by atoms with Crippen LogP contribution in [0.4, 0.5) is 11.8 Å². The summed E-state index contributed by atoms with van der Waals surface area (Å²) in [6.07, 6.45) is 0.428. The molecule has 0 fully saturated rings. The topological polar surface area (TPSA) is 78.9 Å². The normalized spacial score (nSPS) is 10.9. The Morgan fingerprint density at radius 3 is 2.90 bits per heavy atom. The number of anilines is 2. The van der Waals surface area contributed by atoms with Gasteiger partial charge in [-0.1, -0.05) is 13.8 Å². The van der Waals surface area contributed by atoms with Crippen molar-refractivity contribution < 1.29 is 4.79 Å². The van der Waals surface area contributed by atoms with Gasteiger partial charge in [-0.25, -0.2) is 4.98 Å². The van der Waals surface area contributed by atoms with Gasteiger partial charge in [0.05, 0.1) is 5.39 Å². The van der Waals surface area contributed by atoms with E-state index in [-0.39, 0.29) is 5.91 Å². The van der Waals surface area contributed by atoms with Gasteiger partial charge in [-0.15, -0.1) is 11.3 Å². The van der Waals surface area contributed by atoms with Crippen molar-refractivity contribution in [2.45, 2.75) is 20.3 Å². The fraction of sp³-hybridized carbons (Fsp3) is 0.500. The lowest BCUT2D eigenvalue weighted by Gasteiger charge is -2.10. The molecule has 0 radical (unpaired) electrons. The van der Waals surface area contributed by atoms with Crippen LogP contribution < -0.4 is 16.0 Å². The van der Waals surface area contributed by atoms with Gasteiger partial charge in [-0.2, -0.15) is 4.98 Å². The van der Waals surface area contributed by atoms with E-state index >= 15 is 0 Å². The smallest absolute Gasteiger partial charge is 0.225 e. The van der Waals surface area contributed by atoms with Crippen LogP contribution in [0.5, 0.6) is 0 Å². The predicted octanol–water partition coefficient (Wildman–Crippen LogP) is 2.31. The summed E-state index contributed by atoms with van der Waals surface area (Å²) >= 11 is 1.57. The summed E-state index contributed by atoms with van der Waals surface area (Å²) < 4.78 is 0. The predicted molar refractivity (Wildman–Crippen MR) is 87.9 cm³/mol. The molecular formula is C14H21N5OS. The highest BCUT2D eigenvalue weighted by molar-refractivity contribution is 7.16. The number of amides is 1. The number of carbonyl (C=O) groups is 1. The van der Waals surface area contributed by atoms with Gasteiger partial charge >= 0.3 is 0 Å². The minimum Gasteiger partial charge on any atom is -0.369 e. The van der Waals surface area contributed by atoms with Crippen molar-refractivity contribution in [1.82, 2.24) is 15.3 Å². The molecule has 7 heteroatoms. The maximum absolute atomic E-state index is 11.7. The zero-order chi connectivity index (χ0) is 15.2. The Bertz CT molecular complexity index is 610. The first-order valence-corrected chi connectivity index (χ1v) is 7.91. The summed E-state index contributed by atoms with van der Waals surface area (Å²) in [6, 6.07) is 1.99. The molecule has 0 saturated carbocycles. The van der Waals surface area contributed by atoms with Crippen molar-refractivity contribution >= 4 is 39.2 Å². The summed E-state index contributed by atoms with van der Waals surface area (Å²) in [7, 11) is 1.79. The van der Waals surface area contributed by atoms with Crippen LogP contribution in [0, 0.1) is 5.92 Å². The first kappa shape index (κ1) is 15.5. The van der Waals surface area contributed by atoms with Gasteiger partial charge in [0.2, 0.25) is 11.9 Å². The van der Waals surface area contributed by atoms with Crippen LogP contribution >= 0.6 is 11.3 Å². The van der Waals surface area contributed by atoms with Gasteiger partial charge in [-0.3, -0.25) is 4.79 Å². The molecule has 21 heavy (non-hydrogen) atoms. The van der Waals surface area contributed by atoms with Crippen molar-refractivity contribution in [3.05, 3.63) is 11.4 Å². The lowest BCUT2D eigenvalue weighted by atomic mass is 10.2. The number of hydrogen-bond acceptors (Lipinski definition) is 6. The molecule has 2 rings (SSSR count). The highest BCUT2D eigenvalue weighted by Gasteiger charge is 2.08. The summed E-state index contributed by atoms with van der Waals surface area (Å²) in [4.78, 5) is 21.4. The third kappa shape index (κ3) is 4.29. The first-order valence-electron chi connectivity index (χ1n) is 7.03. The molecule has 2 aromatic heterocycles. The van der Waals surface area contributed by atoms with Crippen molar-refractivity contribution in [3.63, 3.8) is 0 Å². The fourth-order valence-corrected chi connectivity index (χ4v) is 2.57. The second kappa shape index (κ2) is 7.21. The van der Waals surface area contributed by atoms with Gasteiger partial charge in [0, 0.05) is 26.6 Å². The molecule has 0 bridgehead atoms. The van der Waals surface area contributed by atoms with E-state index in [1.54, 1.807) is 18.4 Å². The average molecular weight is 307 g/mol. The molecule has 0 aliphatic carbocycles. The third-order valence-corrected chi connectivity index (χ3v) is 3.71. The molecule has 0 spiro atoms. The number of nitrogens with one attached hydrogen (secondary N) is 3. The molecule has 0 aliphatic heterocycles. The first-order chi connectivity index (χ1) is 10.1. The van der Waals surface area contributed by atoms with E-state index in [4.69, 9.17) is 0 Å². The monoisotopic (exact) mass is 307 g/mol. The van der Waals surface area contributed by atoms with Crippen LogP contribution in [0.25, 0.3) is 10.2 Å². The maximum atomic E-state index is 11.7. The Kier molecular flexibility index (Phi) is 5.32. The van der Waals surface area contributed by atoms with Crippen molar-refractivity contribution in [1.29, 1.82) is 0 Å². The fourth-order valence-electron chi connectivity index (χ4n) is 1.80. The summed E-state index contributed by atoms with van der Waals surface area (Å²) in [5, 5.41) is 12.0. The van der Waals surface area contributed by atoms with Crippen LogP contribution in [0.15, 0.2) is 11.4 Å². The number of rotatable bonds is 7. The van der Waals surface area contributed by atoms with E-state index in [1.807, 2.05) is 11.4 Å². The van der Waals surface area contributed by atoms with Gasteiger partial charge in [-0.05, 0) is 17.4 Å². The molecule has 0 unspecified atom stereocenters. The number of thiophene rings is 1. The molecule has 2 heterocycles. The summed E-state index contributed by atoms with van der Waals surface area (Å²) in [5.41, 5.74) is 0. The van der Waals surface area contributed by atoms with Crippen LogP contribution in [0.1, 0.15) is 20.3 Å². The standard InChI is InChI=1S/C14H21N5OS/c1-9(2)8-17-11(20)4-6-16-12-10-5-7-21-13(10)19-14(15-3)18-12/h5,7,9H,4,6,8H2,1-3H3,(H,17,20)(H2,15,16,18,19). The van der Waals surface area contributed by atoms with Crippen molar-refractivity contribution in [2.24, 2.45) is 5.92 Å². The van der Waals surface area contributed by atoms with Crippen LogP contribution in [0.2, 0.25) is 0 Å². The van der Waals surface area contributed by atoms with Crippen LogP contribution in [-0.2, 0) is 4.79 Å². The number of hydrogen-bond donors (Lipinski definition) is 3. The van der Waals surface area contributed by atoms with Crippen molar-refractivity contribution in [2.75, 3.05) is 30.8 Å². The molecule has 0 saturated heterocycles. The Hall–Kier alpha value is -1.89. The maximum Gasteiger partial charge on any atom is 0.225 e. The van der Waals surface area contributed by atoms with Gasteiger partial charge in [0.15, 0.2) is 0 Å². The third-order valence-electron chi connectivity index (χ3n) is 2.90. The second-order valence-electron chi connectivity index (χ2n) is 5.16. The number of aromatic nitrogens is 2. The summed E-state index contributed by atoms with van der Waals surface area (Å²) in [5.74, 6) is 1.87. The van der Waals surface area contributed by atoms with E-state index < -0.39 is 0 Å². The Balaban J connectivity index is 1.94. The molecule has 0 atom stereocenters. The lowest BCUT2D eigenvalue weighted by molar-refractivity contribution is -0.120. The Morgan fingerprint density at radius 2 is 2.19 bits per heavy atom. The number of carbonyl (C=O) groups excluding carboxylic acids is 1.